The molecule has 0 atom stereocenters. The van der Waals surface area contributed by atoms with Gasteiger partial charge in [0.25, 0.3) is 0 Å². The van der Waals surface area contributed by atoms with Crippen molar-refractivity contribution in [3.63, 3.8) is 0 Å². The molecule has 0 amide bonds. The smallest absolute Gasteiger partial charge is 0.0625 e. The lowest BCUT2D eigenvalue weighted by molar-refractivity contribution is 1.52. The summed E-state index contributed by atoms with van der Waals surface area (Å²) in [6, 6.07) is 82.0. The lowest BCUT2D eigenvalue weighted by Gasteiger charge is -2.27. The molecule has 0 aliphatic heterocycles. The predicted octanol–water partition coefficient (Wildman–Crippen LogP) is 11.0. The third kappa shape index (κ3) is 6.56. The molecule has 8 aromatic rings. The van der Waals surface area contributed by atoms with Crippen molar-refractivity contribution in [3.8, 4) is 11.1 Å². The molecule has 0 heterocycles. The maximum Gasteiger partial charge on any atom is 0.0625 e. The van der Waals surface area contributed by atoms with E-state index in [2.05, 4.69) is 231 Å². The Kier molecular flexibility index (Phi) is 9.77. The van der Waals surface area contributed by atoms with Gasteiger partial charge in [-0.3, -0.25) is 9.49 Å². The number of benzene rings is 8. The van der Waals surface area contributed by atoms with Crippen LogP contribution in [0.4, 0.5) is 11.4 Å². The highest BCUT2D eigenvalue weighted by Gasteiger charge is 2.28. The monoisotopic (exact) mass is 704 g/mol. The Morgan fingerprint density at radius 1 is 0.212 bits per heavy atom. The Labute approximate surface area is 307 Å². The average Bonchev–Trinajstić information content (AvgIpc) is 3.24. The third-order valence-corrected chi connectivity index (χ3v) is 16.7. The van der Waals surface area contributed by atoms with Gasteiger partial charge in [0.15, 0.2) is 0 Å². The molecule has 4 heteroatoms. The molecule has 0 aromatic heterocycles. The standard InChI is InChI=1S/C48H38N2P2/c1-7-19-43(20-8-1)51(44-21-9-2-10-22-44,45-23-11-3-12-24-45)49-41-35-31-39(32-36-41)40-33-37-42(38-34-40)50-52(46-25-13-4-14-26-46,47-27-15-5-16-28-47)48-29-17-6-18-30-48/h1-38H. The molecule has 0 aliphatic rings. The summed E-state index contributed by atoms with van der Waals surface area (Å²) in [6.45, 7) is 0. The first-order valence-corrected chi connectivity index (χ1v) is 21.0. The van der Waals surface area contributed by atoms with Gasteiger partial charge in [-0.1, -0.05) is 206 Å². The second-order valence-electron chi connectivity index (χ2n) is 12.6. The minimum Gasteiger partial charge on any atom is -0.254 e. The second-order valence-corrected chi connectivity index (χ2v) is 18.6. The fraction of sp³-hybridized carbons (Fsp3) is 0. The van der Waals surface area contributed by atoms with Crippen LogP contribution in [0.1, 0.15) is 0 Å². The molecule has 0 spiro atoms. The molecule has 0 unspecified atom stereocenters. The molecule has 0 saturated heterocycles. The normalized spacial score (nSPS) is 11.5. The first kappa shape index (κ1) is 33.4. The van der Waals surface area contributed by atoms with E-state index in [9.17, 15) is 0 Å². The molecular formula is C48H38N2P2. The average molecular weight is 705 g/mol. The molecule has 52 heavy (non-hydrogen) atoms. The van der Waals surface area contributed by atoms with E-state index in [4.69, 9.17) is 9.49 Å². The Morgan fingerprint density at radius 2 is 0.404 bits per heavy atom. The summed E-state index contributed by atoms with van der Waals surface area (Å²) in [6.07, 6.45) is 0. The van der Waals surface area contributed by atoms with E-state index in [1.54, 1.807) is 0 Å². The summed E-state index contributed by atoms with van der Waals surface area (Å²) in [4.78, 5) is 0. The summed E-state index contributed by atoms with van der Waals surface area (Å²) in [5.74, 6) is 0. The first-order chi connectivity index (χ1) is 25.8. The van der Waals surface area contributed by atoms with Crippen LogP contribution in [0.3, 0.4) is 0 Å². The summed E-state index contributed by atoms with van der Waals surface area (Å²) in [5.41, 5.74) is 4.21. The van der Waals surface area contributed by atoms with Crippen LogP contribution in [0.5, 0.6) is 0 Å². The Hall–Kier alpha value is -5.78. The van der Waals surface area contributed by atoms with Crippen molar-refractivity contribution in [2.75, 3.05) is 0 Å². The van der Waals surface area contributed by atoms with Crippen molar-refractivity contribution in [1.82, 2.24) is 0 Å². The van der Waals surface area contributed by atoms with Crippen molar-refractivity contribution in [1.29, 1.82) is 0 Å². The highest BCUT2D eigenvalue weighted by Crippen LogP contribution is 2.50. The summed E-state index contributed by atoms with van der Waals surface area (Å²) in [5, 5.41) is 7.40. The molecule has 250 valence electrons. The van der Waals surface area contributed by atoms with Gasteiger partial charge in [0.2, 0.25) is 0 Å². The molecular weight excluding hydrogens is 666 g/mol. The van der Waals surface area contributed by atoms with Crippen molar-refractivity contribution >= 4 is 57.3 Å². The van der Waals surface area contributed by atoms with Crippen LogP contribution < -0.4 is 31.8 Å². The van der Waals surface area contributed by atoms with E-state index >= 15 is 0 Å². The number of rotatable bonds is 9. The Bertz CT molecular complexity index is 2080. The van der Waals surface area contributed by atoms with Gasteiger partial charge in [-0.25, -0.2) is 0 Å². The van der Waals surface area contributed by atoms with Crippen LogP contribution in [0.2, 0.25) is 0 Å². The zero-order valence-electron chi connectivity index (χ0n) is 28.7. The van der Waals surface area contributed by atoms with Crippen LogP contribution in [0.25, 0.3) is 11.1 Å². The molecule has 0 bridgehead atoms. The van der Waals surface area contributed by atoms with Gasteiger partial charge in [0, 0.05) is 31.8 Å². The predicted molar refractivity (Wildman–Crippen MR) is 226 cm³/mol. The molecule has 0 aliphatic carbocycles. The van der Waals surface area contributed by atoms with E-state index in [1.165, 1.54) is 31.8 Å². The Morgan fingerprint density at radius 3 is 0.596 bits per heavy atom. The summed E-state index contributed by atoms with van der Waals surface area (Å²) in [7, 11) is -4.70. The van der Waals surface area contributed by atoms with Crippen molar-refractivity contribution in [2.24, 2.45) is 9.49 Å². The van der Waals surface area contributed by atoms with Crippen LogP contribution in [0.15, 0.2) is 240 Å². The fourth-order valence-corrected chi connectivity index (χ4v) is 14.0. The largest absolute Gasteiger partial charge is 0.254 e. The maximum absolute atomic E-state index is 5.68. The topological polar surface area (TPSA) is 24.7 Å². The molecule has 2 nitrogen and oxygen atoms in total. The zero-order valence-corrected chi connectivity index (χ0v) is 30.5. The fourth-order valence-electron chi connectivity index (χ4n) is 6.89. The molecule has 0 saturated carbocycles. The zero-order chi connectivity index (χ0) is 35.1. The second kappa shape index (κ2) is 15.2. The highest BCUT2D eigenvalue weighted by molar-refractivity contribution is 7.88. The van der Waals surface area contributed by atoms with Crippen LogP contribution in [0, 0.1) is 0 Å². The van der Waals surface area contributed by atoms with E-state index in [-0.39, 0.29) is 0 Å². The Balaban J connectivity index is 1.21. The maximum atomic E-state index is 5.68. The van der Waals surface area contributed by atoms with Crippen LogP contribution in [-0.2, 0) is 0 Å². The number of nitrogens with zero attached hydrogens (tertiary/aromatic N) is 2. The minimum atomic E-state index is -2.35. The van der Waals surface area contributed by atoms with Crippen LogP contribution >= 0.6 is 14.1 Å². The van der Waals surface area contributed by atoms with Crippen molar-refractivity contribution < 1.29 is 0 Å². The number of hydrogen-bond donors (Lipinski definition) is 0. The quantitative estimate of drug-likeness (QED) is 0.134. The lowest BCUT2D eigenvalue weighted by atomic mass is 10.1. The van der Waals surface area contributed by atoms with Gasteiger partial charge in [0.1, 0.15) is 0 Å². The van der Waals surface area contributed by atoms with E-state index < -0.39 is 14.1 Å². The van der Waals surface area contributed by atoms with Gasteiger partial charge < -0.3 is 0 Å². The number of hydrogen-bond acceptors (Lipinski definition) is 2. The van der Waals surface area contributed by atoms with Gasteiger partial charge in [-0.15, -0.1) is 0 Å². The third-order valence-electron chi connectivity index (χ3n) is 9.38. The van der Waals surface area contributed by atoms with Crippen molar-refractivity contribution in [2.45, 2.75) is 0 Å². The molecule has 0 N–H and O–H groups in total. The molecule has 8 rings (SSSR count). The summed E-state index contributed by atoms with van der Waals surface area (Å²) >= 11 is 0. The van der Waals surface area contributed by atoms with E-state index in [0.29, 0.717) is 0 Å². The van der Waals surface area contributed by atoms with Gasteiger partial charge in [-0.2, -0.15) is 0 Å². The minimum absolute atomic E-state index is 0.962. The van der Waals surface area contributed by atoms with Gasteiger partial charge >= 0.3 is 0 Å². The molecule has 8 aromatic carbocycles. The lowest BCUT2D eigenvalue weighted by Crippen LogP contribution is -2.25. The molecule has 0 fully saturated rings. The van der Waals surface area contributed by atoms with Crippen LogP contribution in [-0.4, -0.2) is 0 Å². The first-order valence-electron chi connectivity index (χ1n) is 17.5. The highest BCUT2D eigenvalue weighted by atomic mass is 31.2. The van der Waals surface area contributed by atoms with Crippen molar-refractivity contribution in [3.05, 3.63) is 231 Å². The van der Waals surface area contributed by atoms with E-state index in [1.807, 2.05) is 0 Å². The van der Waals surface area contributed by atoms with E-state index in [0.717, 1.165) is 22.5 Å². The van der Waals surface area contributed by atoms with Gasteiger partial charge in [0.05, 0.1) is 25.5 Å². The SMILES string of the molecule is c1ccc(P(=Nc2ccc(-c3ccc(N=P(c4ccccc4)(c4ccccc4)c4ccccc4)cc3)cc2)(c2ccccc2)c2ccccc2)cc1. The van der Waals surface area contributed by atoms with Gasteiger partial charge in [-0.05, 0) is 35.4 Å². The molecule has 0 radical (unpaired) electrons. The summed E-state index contributed by atoms with van der Waals surface area (Å²) < 4.78 is 11.4.